The number of hydrogen-bond donors (Lipinski definition) is 1. The number of rotatable bonds is 6. The largest absolute Gasteiger partial charge is 0.497 e. The number of benzene rings is 2. The smallest absolute Gasteiger partial charge is 0.231 e. The van der Waals surface area contributed by atoms with Crippen molar-refractivity contribution in [1.29, 1.82) is 0 Å². The first-order valence-electron chi connectivity index (χ1n) is 7.07. The maximum Gasteiger partial charge on any atom is 0.231 e. The van der Waals surface area contributed by atoms with E-state index in [1.165, 1.54) is 11.1 Å². The predicted molar refractivity (Wildman–Crippen MR) is 81.0 cm³/mol. The summed E-state index contributed by atoms with van der Waals surface area (Å²) in [6.07, 6.45) is 0.974. The van der Waals surface area contributed by atoms with Crippen LogP contribution in [0.15, 0.2) is 42.5 Å². The third-order valence-corrected chi connectivity index (χ3v) is 3.49. The van der Waals surface area contributed by atoms with E-state index in [0.717, 1.165) is 36.8 Å². The van der Waals surface area contributed by atoms with E-state index in [-0.39, 0.29) is 0 Å². The molecule has 0 atom stereocenters. The lowest BCUT2D eigenvalue weighted by Crippen LogP contribution is -2.16. The Morgan fingerprint density at radius 1 is 1.05 bits per heavy atom. The molecule has 1 aliphatic heterocycles. The molecule has 0 saturated heterocycles. The molecular formula is C17H19NO3. The van der Waals surface area contributed by atoms with Crippen molar-refractivity contribution in [3.63, 3.8) is 0 Å². The van der Waals surface area contributed by atoms with Gasteiger partial charge < -0.3 is 19.5 Å². The van der Waals surface area contributed by atoms with Crippen molar-refractivity contribution in [3.8, 4) is 17.2 Å². The van der Waals surface area contributed by atoms with Gasteiger partial charge in [0.15, 0.2) is 11.5 Å². The predicted octanol–water partition coefficient (Wildman–Crippen LogP) is 2.76. The average molecular weight is 285 g/mol. The van der Waals surface area contributed by atoms with Gasteiger partial charge in [-0.25, -0.2) is 0 Å². The van der Waals surface area contributed by atoms with E-state index in [4.69, 9.17) is 14.2 Å². The molecule has 1 aliphatic rings. The second kappa shape index (κ2) is 6.50. The minimum atomic E-state index is 0.321. The van der Waals surface area contributed by atoms with Gasteiger partial charge in [0, 0.05) is 6.54 Å². The Labute approximate surface area is 124 Å². The van der Waals surface area contributed by atoms with Gasteiger partial charge in [0.2, 0.25) is 6.79 Å². The molecule has 2 aromatic rings. The van der Waals surface area contributed by atoms with Gasteiger partial charge in [-0.3, -0.25) is 0 Å². The molecule has 0 amide bonds. The monoisotopic (exact) mass is 285 g/mol. The fourth-order valence-corrected chi connectivity index (χ4v) is 2.34. The van der Waals surface area contributed by atoms with E-state index in [9.17, 15) is 0 Å². The van der Waals surface area contributed by atoms with Crippen LogP contribution >= 0.6 is 0 Å². The highest BCUT2D eigenvalue weighted by atomic mass is 16.7. The zero-order valence-electron chi connectivity index (χ0n) is 12.1. The fourth-order valence-electron chi connectivity index (χ4n) is 2.34. The summed E-state index contributed by atoms with van der Waals surface area (Å²) in [4.78, 5) is 0. The molecule has 2 aromatic carbocycles. The fraction of sp³-hybridized carbons (Fsp3) is 0.294. The van der Waals surface area contributed by atoms with E-state index in [0.29, 0.717) is 6.79 Å². The highest BCUT2D eigenvalue weighted by Gasteiger charge is 2.12. The molecule has 0 fully saturated rings. The number of fused-ring (bicyclic) bond motifs is 1. The van der Waals surface area contributed by atoms with E-state index >= 15 is 0 Å². The van der Waals surface area contributed by atoms with Crippen molar-refractivity contribution < 1.29 is 14.2 Å². The minimum Gasteiger partial charge on any atom is -0.497 e. The molecular weight excluding hydrogens is 266 g/mol. The highest BCUT2D eigenvalue weighted by Crippen LogP contribution is 2.32. The van der Waals surface area contributed by atoms with E-state index in [2.05, 4.69) is 23.5 Å². The minimum absolute atomic E-state index is 0.321. The Balaban J connectivity index is 1.47. The summed E-state index contributed by atoms with van der Waals surface area (Å²) in [5, 5.41) is 3.44. The molecule has 1 N–H and O–H groups in total. The molecule has 0 aliphatic carbocycles. The summed E-state index contributed by atoms with van der Waals surface area (Å²) in [5.74, 6) is 2.57. The van der Waals surface area contributed by atoms with Crippen molar-refractivity contribution in [2.45, 2.75) is 13.0 Å². The van der Waals surface area contributed by atoms with Crippen LogP contribution in [0.4, 0.5) is 0 Å². The molecule has 0 radical (unpaired) electrons. The van der Waals surface area contributed by atoms with Crippen molar-refractivity contribution >= 4 is 0 Å². The molecule has 0 bridgehead atoms. The molecule has 4 heteroatoms. The Morgan fingerprint density at radius 2 is 1.95 bits per heavy atom. The SMILES string of the molecule is COc1cccc(CCNCc2ccc3c(c2)OCO3)c1. The van der Waals surface area contributed by atoms with Gasteiger partial charge in [-0.05, 0) is 48.4 Å². The van der Waals surface area contributed by atoms with Crippen molar-refractivity contribution in [2.24, 2.45) is 0 Å². The van der Waals surface area contributed by atoms with Crippen molar-refractivity contribution in [1.82, 2.24) is 5.32 Å². The topological polar surface area (TPSA) is 39.7 Å². The first-order valence-corrected chi connectivity index (χ1v) is 7.07. The van der Waals surface area contributed by atoms with Crippen LogP contribution in [0.2, 0.25) is 0 Å². The summed E-state index contributed by atoms with van der Waals surface area (Å²) in [6.45, 7) is 2.06. The highest BCUT2D eigenvalue weighted by molar-refractivity contribution is 5.44. The number of ether oxygens (including phenoxy) is 3. The lowest BCUT2D eigenvalue weighted by Gasteiger charge is -2.07. The first-order chi connectivity index (χ1) is 10.3. The summed E-state index contributed by atoms with van der Waals surface area (Å²) in [5.41, 5.74) is 2.47. The Morgan fingerprint density at radius 3 is 2.86 bits per heavy atom. The molecule has 4 nitrogen and oxygen atoms in total. The van der Waals surface area contributed by atoms with Crippen LogP contribution in [0, 0.1) is 0 Å². The lowest BCUT2D eigenvalue weighted by molar-refractivity contribution is 0.174. The maximum absolute atomic E-state index is 5.38. The second-order valence-corrected chi connectivity index (χ2v) is 4.97. The molecule has 0 saturated carbocycles. The van der Waals surface area contributed by atoms with Gasteiger partial charge in [0.25, 0.3) is 0 Å². The van der Waals surface area contributed by atoms with Crippen LogP contribution in [-0.2, 0) is 13.0 Å². The van der Waals surface area contributed by atoms with E-state index < -0.39 is 0 Å². The zero-order valence-corrected chi connectivity index (χ0v) is 12.1. The molecule has 1 heterocycles. The maximum atomic E-state index is 5.38. The molecule has 3 rings (SSSR count). The van der Waals surface area contributed by atoms with E-state index in [1.54, 1.807) is 7.11 Å². The van der Waals surface area contributed by atoms with Crippen molar-refractivity contribution in [3.05, 3.63) is 53.6 Å². The van der Waals surface area contributed by atoms with Gasteiger partial charge in [0.1, 0.15) is 5.75 Å². The average Bonchev–Trinajstić information content (AvgIpc) is 2.99. The van der Waals surface area contributed by atoms with Crippen molar-refractivity contribution in [2.75, 3.05) is 20.4 Å². The summed E-state index contributed by atoms with van der Waals surface area (Å²) in [6, 6.07) is 14.2. The molecule has 21 heavy (non-hydrogen) atoms. The zero-order chi connectivity index (χ0) is 14.5. The standard InChI is InChI=1S/C17H19NO3/c1-19-15-4-2-3-13(9-15)7-8-18-11-14-5-6-16-17(10-14)21-12-20-16/h2-6,9-10,18H,7-8,11-12H2,1H3. The number of nitrogens with one attached hydrogen (secondary N) is 1. The molecule has 0 spiro atoms. The third-order valence-electron chi connectivity index (χ3n) is 3.49. The summed E-state index contributed by atoms with van der Waals surface area (Å²) < 4.78 is 15.9. The van der Waals surface area contributed by atoms with Crippen LogP contribution in [0.5, 0.6) is 17.2 Å². The summed E-state index contributed by atoms with van der Waals surface area (Å²) in [7, 11) is 1.69. The molecule has 0 aromatic heterocycles. The molecule has 110 valence electrons. The quantitative estimate of drug-likeness (QED) is 0.828. The normalized spacial score (nSPS) is 12.4. The Hall–Kier alpha value is -2.20. The van der Waals surface area contributed by atoms with Crippen LogP contribution < -0.4 is 19.5 Å². The van der Waals surface area contributed by atoms with Gasteiger partial charge in [-0.15, -0.1) is 0 Å². The van der Waals surface area contributed by atoms with Crippen LogP contribution in [0.1, 0.15) is 11.1 Å². The van der Waals surface area contributed by atoms with E-state index in [1.807, 2.05) is 24.3 Å². The third kappa shape index (κ3) is 3.47. The Kier molecular flexibility index (Phi) is 4.26. The van der Waals surface area contributed by atoms with Crippen LogP contribution in [0.25, 0.3) is 0 Å². The van der Waals surface area contributed by atoms with Gasteiger partial charge >= 0.3 is 0 Å². The van der Waals surface area contributed by atoms with Gasteiger partial charge in [-0.1, -0.05) is 18.2 Å². The number of hydrogen-bond acceptors (Lipinski definition) is 4. The summed E-state index contributed by atoms with van der Waals surface area (Å²) >= 11 is 0. The molecule has 0 unspecified atom stereocenters. The van der Waals surface area contributed by atoms with Crippen LogP contribution in [-0.4, -0.2) is 20.4 Å². The Bertz CT molecular complexity index is 613. The lowest BCUT2D eigenvalue weighted by atomic mass is 10.1. The van der Waals surface area contributed by atoms with Crippen LogP contribution in [0.3, 0.4) is 0 Å². The first kappa shape index (κ1) is 13.8. The van der Waals surface area contributed by atoms with Gasteiger partial charge in [-0.2, -0.15) is 0 Å². The number of methoxy groups -OCH3 is 1. The second-order valence-electron chi connectivity index (χ2n) is 4.97. The van der Waals surface area contributed by atoms with Gasteiger partial charge in [0.05, 0.1) is 7.11 Å².